The van der Waals surface area contributed by atoms with Gasteiger partial charge in [0.25, 0.3) is 0 Å². The van der Waals surface area contributed by atoms with Crippen LogP contribution in [0.15, 0.2) is 84.8 Å². The Kier molecular flexibility index (Phi) is 8.68. The van der Waals surface area contributed by atoms with Gasteiger partial charge in [-0.1, -0.05) is 30.3 Å². The van der Waals surface area contributed by atoms with Crippen molar-refractivity contribution >= 4 is 33.2 Å². The summed E-state index contributed by atoms with van der Waals surface area (Å²) in [6.07, 6.45) is 1.36. The van der Waals surface area contributed by atoms with Crippen LogP contribution in [0.2, 0.25) is 0 Å². The molecule has 184 valence electrons. The lowest BCUT2D eigenvalue weighted by molar-refractivity contribution is -0.137. The molecule has 1 unspecified atom stereocenters. The molecule has 1 atom stereocenters. The zero-order valence-corrected chi connectivity index (χ0v) is 20.0. The molecular formula is C24H22F3N3O3S2. The molecule has 3 aromatic rings. The fourth-order valence-electron chi connectivity index (χ4n) is 3.25. The van der Waals surface area contributed by atoms with Crippen molar-refractivity contribution in [3.63, 3.8) is 0 Å². The van der Waals surface area contributed by atoms with Crippen LogP contribution in [0.25, 0.3) is 0 Å². The summed E-state index contributed by atoms with van der Waals surface area (Å²) in [5.41, 5.74) is 0.244. The first kappa shape index (κ1) is 26.4. The van der Waals surface area contributed by atoms with Gasteiger partial charge < -0.3 is 5.32 Å². The molecule has 3 rings (SSSR count). The molecule has 0 aliphatic carbocycles. The summed E-state index contributed by atoms with van der Waals surface area (Å²) in [7, 11) is -3.86. The molecule has 0 saturated heterocycles. The zero-order chi connectivity index (χ0) is 25.5. The Morgan fingerprint density at radius 1 is 1.14 bits per heavy atom. The fourth-order valence-corrected chi connectivity index (χ4v) is 6.22. The number of nitrogens with zero attached hydrogens (tertiary/aromatic N) is 2. The zero-order valence-electron chi connectivity index (χ0n) is 18.4. The maximum absolute atomic E-state index is 13.1. The highest BCUT2D eigenvalue weighted by Gasteiger charge is 2.32. The van der Waals surface area contributed by atoms with Crippen molar-refractivity contribution in [1.82, 2.24) is 9.97 Å². The van der Waals surface area contributed by atoms with Crippen molar-refractivity contribution < 1.29 is 26.4 Å². The summed E-state index contributed by atoms with van der Waals surface area (Å²) in [5.74, 6) is -0.532. The number of aromatic nitrogens is 2. The van der Waals surface area contributed by atoms with Crippen LogP contribution in [0.1, 0.15) is 21.9 Å². The van der Waals surface area contributed by atoms with E-state index in [1.165, 1.54) is 18.3 Å². The monoisotopic (exact) mass is 521 g/mol. The minimum absolute atomic E-state index is 0.000940. The summed E-state index contributed by atoms with van der Waals surface area (Å²) in [5, 5.41) is 1.91. The predicted octanol–water partition coefficient (Wildman–Crippen LogP) is 5.11. The second-order valence-electron chi connectivity index (χ2n) is 7.44. The molecule has 0 aliphatic heterocycles. The van der Waals surface area contributed by atoms with Crippen molar-refractivity contribution in [2.45, 2.75) is 22.9 Å². The third-order valence-electron chi connectivity index (χ3n) is 4.88. The van der Waals surface area contributed by atoms with Gasteiger partial charge in [0.1, 0.15) is 10.3 Å². The van der Waals surface area contributed by atoms with Crippen LogP contribution in [0, 0.1) is 0 Å². The van der Waals surface area contributed by atoms with Gasteiger partial charge in [-0.25, -0.2) is 13.4 Å². The lowest BCUT2D eigenvalue weighted by Crippen LogP contribution is -2.18. The summed E-state index contributed by atoms with van der Waals surface area (Å²) in [4.78, 5) is 20.6. The van der Waals surface area contributed by atoms with Gasteiger partial charge in [0, 0.05) is 24.3 Å². The van der Waals surface area contributed by atoms with Gasteiger partial charge in [-0.3, -0.25) is 9.78 Å². The Bertz CT molecular complexity index is 1280. The summed E-state index contributed by atoms with van der Waals surface area (Å²) in [6, 6.07) is 11.0. The first-order valence-corrected chi connectivity index (χ1v) is 13.1. The molecule has 35 heavy (non-hydrogen) atoms. The van der Waals surface area contributed by atoms with Crippen LogP contribution in [0.4, 0.5) is 18.9 Å². The Morgan fingerprint density at radius 2 is 1.91 bits per heavy atom. The Morgan fingerprint density at radius 3 is 2.60 bits per heavy atom. The summed E-state index contributed by atoms with van der Waals surface area (Å²) < 4.78 is 65.0. The number of sulfone groups is 1. The van der Waals surface area contributed by atoms with Gasteiger partial charge in [-0.15, -0.1) is 18.3 Å². The smallest absolute Gasteiger partial charge is 0.323 e. The fraction of sp³-hybridized carbons (Fsp3) is 0.208. The molecule has 2 aromatic heterocycles. The Balaban J connectivity index is 1.66. The van der Waals surface area contributed by atoms with E-state index in [0.29, 0.717) is 10.7 Å². The van der Waals surface area contributed by atoms with Crippen molar-refractivity contribution in [3.8, 4) is 0 Å². The molecule has 0 radical (unpaired) electrons. The van der Waals surface area contributed by atoms with Crippen molar-refractivity contribution in [2.75, 3.05) is 16.8 Å². The van der Waals surface area contributed by atoms with E-state index in [9.17, 15) is 26.4 Å². The lowest BCUT2D eigenvalue weighted by atomic mass is 10.1. The molecule has 1 aromatic carbocycles. The second-order valence-corrected chi connectivity index (χ2v) is 10.8. The van der Waals surface area contributed by atoms with Gasteiger partial charge in [0.05, 0.1) is 23.4 Å². The normalized spacial score (nSPS) is 12.7. The number of benzene rings is 1. The number of hydrogen-bond acceptors (Lipinski definition) is 6. The van der Waals surface area contributed by atoms with Crippen molar-refractivity contribution in [3.05, 3.63) is 96.5 Å². The molecule has 0 bridgehead atoms. The quantitative estimate of drug-likeness (QED) is 0.295. The van der Waals surface area contributed by atoms with E-state index in [4.69, 9.17) is 0 Å². The molecule has 0 spiro atoms. The Labute approximate surface area is 205 Å². The van der Waals surface area contributed by atoms with Gasteiger partial charge in [0.15, 0.2) is 9.84 Å². The van der Waals surface area contributed by atoms with Gasteiger partial charge >= 0.3 is 6.18 Å². The number of carbonyl (C=O) groups excluding carboxylic acids is 1. The highest BCUT2D eigenvalue weighted by Crippen LogP contribution is 2.33. The van der Waals surface area contributed by atoms with Crippen LogP contribution in [0.5, 0.6) is 0 Å². The summed E-state index contributed by atoms with van der Waals surface area (Å²) >= 11 is 1.12. The number of rotatable bonds is 10. The van der Waals surface area contributed by atoms with E-state index in [1.807, 2.05) is 0 Å². The molecule has 1 N–H and O–H groups in total. The van der Waals surface area contributed by atoms with E-state index in [1.54, 1.807) is 36.7 Å². The third-order valence-corrected chi connectivity index (χ3v) is 8.16. The van der Waals surface area contributed by atoms with Crippen LogP contribution < -0.4 is 5.32 Å². The summed E-state index contributed by atoms with van der Waals surface area (Å²) in [6.45, 7) is 3.51. The molecule has 0 fully saturated rings. The second kappa shape index (κ2) is 11.5. The SMILES string of the molecule is C=CC(c1cccc(C(F)(F)F)c1)S(=O)(=O)CCSc1ncccc1NC(=O)Cc1cccnc1. The van der Waals surface area contributed by atoms with Crippen LogP contribution in [-0.2, 0) is 27.2 Å². The molecule has 0 saturated carbocycles. The molecule has 1 amide bonds. The number of halogens is 3. The van der Waals surface area contributed by atoms with Gasteiger partial charge in [-0.05, 0) is 35.4 Å². The van der Waals surface area contributed by atoms with Crippen molar-refractivity contribution in [1.29, 1.82) is 0 Å². The van der Waals surface area contributed by atoms with E-state index in [-0.39, 0.29) is 29.4 Å². The lowest BCUT2D eigenvalue weighted by Gasteiger charge is -2.16. The maximum Gasteiger partial charge on any atom is 0.416 e. The number of nitrogens with one attached hydrogen (secondary N) is 1. The Hall–Kier alpha value is -3.18. The molecular weight excluding hydrogens is 499 g/mol. The third kappa shape index (κ3) is 7.40. The van der Waals surface area contributed by atoms with Crippen LogP contribution >= 0.6 is 11.8 Å². The standard InChI is InChI=1S/C24H22F3N3O3S2/c1-2-21(18-7-3-8-19(15-18)24(25,26)27)35(32,33)13-12-34-23-20(9-5-11-29-23)30-22(31)14-17-6-4-10-28-16-17/h2-11,15-16,21H,1,12-14H2,(H,30,31). The highest BCUT2D eigenvalue weighted by molar-refractivity contribution is 8.00. The number of thioether (sulfide) groups is 1. The van der Waals surface area contributed by atoms with Gasteiger partial charge in [0.2, 0.25) is 5.91 Å². The van der Waals surface area contributed by atoms with E-state index >= 15 is 0 Å². The number of pyridine rings is 2. The highest BCUT2D eigenvalue weighted by atomic mass is 32.2. The number of alkyl halides is 3. The maximum atomic E-state index is 13.1. The van der Waals surface area contributed by atoms with Crippen LogP contribution in [-0.4, -0.2) is 35.8 Å². The molecule has 2 heterocycles. The number of hydrogen-bond donors (Lipinski definition) is 1. The molecule has 11 heteroatoms. The molecule has 6 nitrogen and oxygen atoms in total. The minimum Gasteiger partial charge on any atom is -0.323 e. The van der Waals surface area contributed by atoms with E-state index < -0.39 is 26.8 Å². The van der Waals surface area contributed by atoms with Crippen LogP contribution in [0.3, 0.4) is 0 Å². The van der Waals surface area contributed by atoms with Crippen molar-refractivity contribution in [2.24, 2.45) is 0 Å². The largest absolute Gasteiger partial charge is 0.416 e. The van der Waals surface area contributed by atoms with Gasteiger partial charge in [-0.2, -0.15) is 13.2 Å². The first-order chi connectivity index (χ1) is 16.6. The van der Waals surface area contributed by atoms with E-state index in [0.717, 1.165) is 35.5 Å². The minimum atomic E-state index is -4.59. The predicted molar refractivity (Wildman–Crippen MR) is 130 cm³/mol. The number of anilines is 1. The average Bonchev–Trinajstić information content (AvgIpc) is 2.80. The van der Waals surface area contributed by atoms with E-state index in [2.05, 4.69) is 21.9 Å². The number of amides is 1. The first-order valence-electron chi connectivity index (χ1n) is 10.4. The topological polar surface area (TPSA) is 89.0 Å². The average molecular weight is 522 g/mol. The number of carbonyl (C=O) groups is 1. The molecule has 0 aliphatic rings.